The lowest BCUT2D eigenvalue weighted by Gasteiger charge is -1.75. The van der Waals surface area contributed by atoms with E-state index in [9.17, 15) is 0 Å². The van der Waals surface area contributed by atoms with Crippen LogP contribution in [0.5, 0.6) is 0 Å². The second-order valence-electron chi connectivity index (χ2n) is 0.570. The van der Waals surface area contributed by atoms with Gasteiger partial charge in [-0.2, -0.15) is 0 Å². The molecule has 0 aromatic carbocycles. The molecule has 0 unspecified atom stereocenters. The van der Waals surface area contributed by atoms with Crippen LogP contribution < -0.4 is 0 Å². The van der Waals surface area contributed by atoms with E-state index in [1.807, 2.05) is 5.70 Å². The highest BCUT2D eigenvalue weighted by Gasteiger charge is 1.84. The lowest BCUT2D eigenvalue weighted by atomic mass is 11.3. The third-order valence-electron chi connectivity index (χ3n) is 0.178. The minimum atomic E-state index is -0.761. The Balaban J connectivity index is 2.83. The van der Waals surface area contributed by atoms with Crippen molar-refractivity contribution in [1.82, 2.24) is 0 Å². The molecule has 0 saturated carbocycles. The Bertz CT molecular complexity index is 34.6. The Kier molecular flexibility index (Phi) is 3.69. The summed E-state index contributed by atoms with van der Waals surface area (Å²) in [5.41, 5.74) is 1.89. The first kappa shape index (κ1) is 5.92. The Morgan fingerprint density at radius 2 is 1.80 bits per heavy atom. The van der Waals surface area contributed by atoms with Crippen LogP contribution in [0.15, 0.2) is 12.3 Å². The van der Waals surface area contributed by atoms with Gasteiger partial charge in [-0.05, 0) is 0 Å². The summed E-state index contributed by atoms with van der Waals surface area (Å²) in [6.07, 6.45) is 0. The summed E-state index contributed by atoms with van der Waals surface area (Å²) in [6.45, 7) is 3.53. The first-order valence-electron chi connectivity index (χ1n) is 1.18. The van der Waals surface area contributed by atoms with Crippen LogP contribution in [0, 0.1) is 0 Å². The summed E-state index contributed by atoms with van der Waals surface area (Å²) in [5.74, 6) is 0. The van der Waals surface area contributed by atoms with Gasteiger partial charge in [0, 0.05) is 0 Å². The molecule has 0 saturated heterocycles. The fourth-order valence-electron chi connectivity index (χ4n) is 0. The zero-order valence-electron chi connectivity index (χ0n) is 2.62. The van der Waals surface area contributed by atoms with Gasteiger partial charge in [-0.25, -0.2) is 0 Å². The lowest BCUT2D eigenvalue weighted by molar-refractivity contribution is 2.61. The highest BCUT2D eigenvalue weighted by molar-refractivity contribution is 9.49. The van der Waals surface area contributed by atoms with Crippen molar-refractivity contribution in [1.29, 1.82) is 0 Å². The zero-order chi connectivity index (χ0) is 4.28. The predicted octanol–water partition coefficient (Wildman–Crippen LogP) is 1.72. The lowest BCUT2D eigenvalue weighted by Crippen LogP contribution is -1.76. The minimum absolute atomic E-state index is 0.761. The van der Waals surface area contributed by atoms with E-state index in [2.05, 4.69) is 37.2 Å². The molecule has 5 heavy (non-hydrogen) atoms. The molecule has 0 aliphatic rings. The van der Waals surface area contributed by atoms with E-state index in [1.165, 1.54) is 0 Å². The van der Waals surface area contributed by atoms with Crippen molar-refractivity contribution in [3.8, 4) is 0 Å². The van der Waals surface area contributed by atoms with Gasteiger partial charge in [0.15, 0.2) is 0 Å². The van der Waals surface area contributed by atoms with Crippen LogP contribution in [0.2, 0.25) is 0 Å². The molecule has 0 aromatic heterocycles. The summed E-state index contributed by atoms with van der Waals surface area (Å²) in [6, 6.07) is -0.761. The second-order valence-corrected chi connectivity index (χ2v) is 11.3. The second kappa shape index (κ2) is 3.12. The van der Waals surface area contributed by atoms with Crippen LogP contribution >= 0.6 is 30.6 Å². The van der Waals surface area contributed by atoms with E-state index in [4.69, 9.17) is 0 Å². The first-order chi connectivity index (χ1) is 2.27. The fourth-order valence-corrected chi connectivity index (χ4v) is 0. The largest absolute Gasteiger partial charge is 0.208 e. The van der Waals surface area contributed by atoms with Crippen LogP contribution in [0.25, 0.3) is 0 Å². The van der Waals surface area contributed by atoms with Gasteiger partial charge >= 0.3 is 0 Å². The minimum Gasteiger partial charge on any atom is -0.110 e. The van der Waals surface area contributed by atoms with Crippen LogP contribution in [0.3, 0.4) is 0 Å². The molecule has 0 rings (SSSR count). The maximum atomic E-state index is 3.53. The first-order valence-corrected chi connectivity index (χ1v) is 8.21. The van der Waals surface area contributed by atoms with E-state index in [-0.39, 0.29) is 0 Å². The van der Waals surface area contributed by atoms with Crippen molar-refractivity contribution in [2.45, 2.75) is 0 Å². The molecule has 0 heterocycles. The molecule has 0 bridgehead atoms. The maximum Gasteiger partial charge on any atom is 0.208 e. The van der Waals surface area contributed by atoms with Gasteiger partial charge in [-0.15, -0.1) is 37.2 Å². The summed E-state index contributed by atoms with van der Waals surface area (Å²) in [4.78, 5) is 0. The van der Waals surface area contributed by atoms with E-state index < -0.39 is 6.04 Å². The predicted molar refractivity (Wildman–Crippen MR) is 35.2 cm³/mol. The molecule has 0 aromatic rings. The number of hydrogen-bond acceptors (Lipinski definition) is 0. The molecule has 0 atom stereocenters. The van der Waals surface area contributed by atoms with Crippen LogP contribution in [0.1, 0.15) is 0 Å². The van der Waals surface area contributed by atoms with Crippen LogP contribution in [-0.4, -0.2) is 6.04 Å². The monoisotopic (exact) mass is 214 g/mol. The number of hydrogen-bond donors (Lipinski definition) is 0. The average molecular weight is 216 g/mol. The Morgan fingerprint density at radius 1 is 1.60 bits per heavy atom. The summed E-state index contributed by atoms with van der Waals surface area (Å²) in [5, 5.41) is 0. The van der Waals surface area contributed by atoms with Gasteiger partial charge in [0.25, 0.3) is 0 Å². The summed E-state index contributed by atoms with van der Waals surface area (Å²) >= 11 is 6.62. The molecule has 0 aliphatic heterocycles. The van der Waals surface area contributed by atoms with Gasteiger partial charge < -0.3 is 0 Å². The Morgan fingerprint density at radius 3 is 1.80 bits per heavy atom. The molecule has 0 N–H and O–H groups in total. The van der Waals surface area contributed by atoms with Crippen molar-refractivity contribution >= 4 is 36.6 Å². The summed E-state index contributed by atoms with van der Waals surface area (Å²) in [7, 11) is 0. The van der Waals surface area contributed by atoms with E-state index in [0.29, 0.717) is 0 Å². The van der Waals surface area contributed by atoms with Crippen molar-refractivity contribution in [3.05, 3.63) is 12.3 Å². The quantitative estimate of drug-likeness (QED) is 0.462. The van der Waals surface area contributed by atoms with Gasteiger partial charge in [-0.3, -0.25) is 0 Å². The van der Waals surface area contributed by atoms with Gasteiger partial charge in [0.1, 0.15) is 0 Å². The topological polar surface area (TPSA) is 0 Å². The third kappa shape index (κ3) is 4.92. The van der Waals surface area contributed by atoms with Crippen molar-refractivity contribution in [2.75, 3.05) is 0 Å². The van der Waals surface area contributed by atoms with Gasteiger partial charge in [-0.1, -0.05) is 5.70 Å². The number of halogens is 2. The van der Waals surface area contributed by atoms with E-state index in [1.54, 1.807) is 0 Å². The SMILES string of the molecule is C=C[SiH](Br)Br. The number of rotatable bonds is 1. The molecule has 3 heteroatoms. The maximum absolute atomic E-state index is 3.53. The smallest absolute Gasteiger partial charge is 0.110 e. The highest BCUT2D eigenvalue weighted by atomic mass is 79.9. The van der Waals surface area contributed by atoms with Crippen molar-refractivity contribution < 1.29 is 0 Å². The molecule has 0 aliphatic carbocycles. The highest BCUT2D eigenvalue weighted by Crippen LogP contribution is 2.00. The average Bonchev–Trinajstić information content (AvgIpc) is 1.38. The molecule has 0 radical (unpaired) electrons. The Labute approximate surface area is 49.0 Å². The Hall–Kier alpha value is 0.917. The van der Waals surface area contributed by atoms with Crippen LogP contribution in [-0.2, 0) is 0 Å². The third-order valence-corrected chi connectivity index (χ3v) is 2.78. The molecule has 0 amide bonds. The molecular weight excluding hydrogens is 212 g/mol. The molecular formula is C2H4Br2Si. The standard InChI is InChI=1S/C2H4Br2Si/c1-2-5(3)4/h2,5H,1H2. The molecule has 30 valence electrons. The van der Waals surface area contributed by atoms with Crippen molar-refractivity contribution in [3.63, 3.8) is 0 Å². The summed E-state index contributed by atoms with van der Waals surface area (Å²) < 4.78 is 0. The molecule has 0 fully saturated rings. The van der Waals surface area contributed by atoms with Crippen molar-refractivity contribution in [2.24, 2.45) is 0 Å². The van der Waals surface area contributed by atoms with Crippen LogP contribution in [0.4, 0.5) is 0 Å². The zero-order valence-corrected chi connectivity index (χ0v) is 6.94. The molecule has 0 spiro atoms. The van der Waals surface area contributed by atoms with E-state index in [0.717, 1.165) is 0 Å². The normalized spacial score (nSPS) is 8.60. The fraction of sp³-hybridized carbons (Fsp3) is 0. The van der Waals surface area contributed by atoms with Gasteiger partial charge in [0.2, 0.25) is 6.04 Å². The molecule has 0 nitrogen and oxygen atoms in total. The van der Waals surface area contributed by atoms with Gasteiger partial charge in [0.05, 0.1) is 0 Å². The van der Waals surface area contributed by atoms with E-state index >= 15 is 0 Å².